The lowest BCUT2D eigenvalue weighted by molar-refractivity contribution is -0.125. The molecular formula is C18H25NO2. The first-order valence-electron chi connectivity index (χ1n) is 7.76. The van der Waals surface area contributed by atoms with E-state index < -0.39 is 0 Å². The molecule has 0 saturated heterocycles. The molecule has 1 fully saturated rings. The summed E-state index contributed by atoms with van der Waals surface area (Å²) in [6.07, 6.45) is 10.00. The molecule has 1 saturated carbocycles. The monoisotopic (exact) mass is 287 g/mol. The van der Waals surface area contributed by atoms with Crippen LogP contribution in [0.3, 0.4) is 0 Å². The van der Waals surface area contributed by atoms with Crippen LogP contribution in [0.15, 0.2) is 30.3 Å². The standard InChI is InChI=1S/C18H25NO2/c1-19(14-16-7-4-3-5-8-16)18(20)12-11-15-9-6-10-17(13-15)21-2/h6,9-13,16H,3-5,7-8,14H2,1-2H3/b12-11+. The van der Waals surface area contributed by atoms with Crippen LogP contribution in [0, 0.1) is 5.92 Å². The molecule has 1 aromatic rings. The number of carbonyl (C=O) groups excluding carboxylic acids is 1. The lowest BCUT2D eigenvalue weighted by atomic mass is 9.89. The van der Waals surface area contributed by atoms with Crippen LogP contribution in [0.5, 0.6) is 5.75 Å². The van der Waals surface area contributed by atoms with E-state index in [2.05, 4.69) is 0 Å². The van der Waals surface area contributed by atoms with Gasteiger partial charge in [-0.2, -0.15) is 0 Å². The number of nitrogens with zero attached hydrogens (tertiary/aromatic N) is 1. The highest BCUT2D eigenvalue weighted by Crippen LogP contribution is 2.24. The number of benzene rings is 1. The summed E-state index contributed by atoms with van der Waals surface area (Å²) in [6.45, 7) is 0.876. The molecular weight excluding hydrogens is 262 g/mol. The van der Waals surface area contributed by atoms with Gasteiger partial charge in [0.15, 0.2) is 0 Å². The maximum absolute atomic E-state index is 12.2. The lowest BCUT2D eigenvalue weighted by Crippen LogP contribution is -2.31. The summed E-state index contributed by atoms with van der Waals surface area (Å²) in [5.41, 5.74) is 0.980. The highest BCUT2D eigenvalue weighted by Gasteiger charge is 2.16. The second-order valence-electron chi connectivity index (χ2n) is 5.83. The molecule has 0 unspecified atom stereocenters. The van der Waals surface area contributed by atoms with Crippen LogP contribution in [0.25, 0.3) is 6.08 Å². The van der Waals surface area contributed by atoms with Gasteiger partial charge in [-0.05, 0) is 42.5 Å². The Balaban J connectivity index is 1.88. The van der Waals surface area contributed by atoms with Gasteiger partial charge in [0.05, 0.1) is 7.11 Å². The Hall–Kier alpha value is -1.77. The molecule has 3 nitrogen and oxygen atoms in total. The number of hydrogen-bond acceptors (Lipinski definition) is 2. The molecule has 1 aromatic carbocycles. The maximum Gasteiger partial charge on any atom is 0.246 e. The van der Waals surface area contributed by atoms with E-state index in [-0.39, 0.29) is 5.91 Å². The van der Waals surface area contributed by atoms with Gasteiger partial charge in [-0.3, -0.25) is 4.79 Å². The van der Waals surface area contributed by atoms with Crippen molar-refractivity contribution in [3.8, 4) is 5.75 Å². The van der Waals surface area contributed by atoms with Gasteiger partial charge in [-0.25, -0.2) is 0 Å². The van der Waals surface area contributed by atoms with Crippen molar-refractivity contribution in [3.05, 3.63) is 35.9 Å². The smallest absolute Gasteiger partial charge is 0.246 e. The van der Waals surface area contributed by atoms with Gasteiger partial charge in [-0.1, -0.05) is 31.4 Å². The van der Waals surface area contributed by atoms with Crippen molar-refractivity contribution in [2.45, 2.75) is 32.1 Å². The van der Waals surface area contributed by atoms with Gasteiger partial charge in [0.1, 0.15) is 5.75 Å². The predicted molar refractivity (Wildman–Crippen MR) is 86.2 cm³/mol. The highest BCUT2D eigenvalue weighted by molar-refractivity contribution is 5.91. The fourth-order valence-corrected chi connectivity index (χ4v) is 2.89. The fourth-order valence-electron chi connectivity index (χ4n) is 2.89. The Morgan fingerprint density at radius 3 is 2.81 bits per heavy atom. The number of likely N-dealkylation sites (N-methyl/N-ethyl adjacent to an activating group) is 1. The molecule has 1 aliphatic carbocycles. The number of hydrogen-bond donors (Lipinski definition) is 0. The van der Waals surface area contributed by atoms with Crippen LogP contribution in [0.4, 0.5) is 0 Å². The Morgan fingerprint density at radius 2 is 2.10 bits per heavy atom. The van der Waals surface area contributed by atoms with E-state index in [0.717, 1.165) is 17.9 Å². The zero-order valence-electron chi connectivity index (χ0n) is 13.0. The summed E-state index contributed by atoms with van der Waals surface area (Å²) in [5, 5.41) is 0. The highest BCUT2D eigenvalue weighted by atomic mass is 16.5. The molecule has 0 aromatic heterocycles. The Labute approximate surface area is 127 Å². The van der Waals surface area contributed by atoms with Crippen LogP contribution in [0.2, 0.25) is 0 Å². The van der Waals surface area contributed by atoms with Gasteiger partial charge in [-0.15, -0.1) is 0 Å². The van der Waals surface area contributed by atoms with Crippen LogP contribution >= 0.6 is 0 Å². The quantitative estimate of drug-likeness (QED) is 0.772. The second-order valence-corrected chi connectivity index (χ2v) is 5.83. The minimum absolute atomic E-state index is 0.0726. The van der Waals surface area contributed by atoms with Crippen molar-refractivity contribution < 1.29 is 9.53 Å². The third kappa shape index (κ3) is 4.92. The van der Waals surface area contributed by atoms with Gasteiger partial charge < -0.3 is 9.64 Å². The van der Waals surface area contributed by atoms with Gasteiger partial charge >= 0.3 is 0 Å². The van der Waals surface area contributed by atoms with Gasteiger partial charge in [0.2, 0.25) is 5.91 Å². The molecule has 0 bridgehead atoms. The molecule has 0 radical (unpaired) electrons. The average molecular weight is 287 g/mol. The summed E-state index contributed by atoms with van der Waals surface area (Å²) in [4.78, 5) is 14.0. The van der Waals surface area contributed by atoms with Crippen LogP contribution < -0.4 is 4.74 Å². The molecule has 0 aliphatic heterocycles. The van der Waals surface area contributed by atoms with E-state index in [9.17, 15) is 4.79 Å². The molecule has 1 amide bonds. The van der Waals surface area contributed by atoms with Gasteiger partial charge in [0, 0.05) is 19.7 Å². The molecule has 3 heteroatoms. The van der Waals surface area contributed by atoms with E-state index in [1.165, 1.54) is 32.1 Å². The average Bonchev–Trinajstić information content (AvgIpc) is 2.53. The minimum Gasteiger partial charge on any atom is -0.497 e. The Morgan fingerprint density at radius 1 is 1.33 bits per heavy atom. The van der Waals surface area contributed by atoms with Crippen molar-refractivity contribution in [2.75, 3.05) is 20.7 Å². The summed E-state index contributed by atoms with van der Waals surface area (Å²) >= 11 is 0. The summed E-state index contributed by atoms with van der Waals surface area (Å²) < 4.78 is 5.18. The summed E-state index contributed by atoms with van der Waals surface area (Å²) in [5.74, 6) is 1.56. The van der Waals surface area contributed by atoms with E-state index in [0.29, 0.717) is 5.92 Å². The van der Waals surface area contributed by atoms with Crippen LogP contribution in [-0.4, -0.2) is 31.5 Å². The third-order valence-electron chi connectivity index (χ3n) is 4.15. The molecule has 0 atom stereocenters. The first kappa shape index (κ1) is 15.6. The first-order chi connectivity index (χ1) is 10.2. The number of amides is 1. The number of ether oxygens (including phenoxy) is 1. The number of carbonyl (C=O) groups is 1. The largest absolute Gasteiger partial charge is 0.497 e. The van der Waals surface area contributed by atoms with Crippen molar-refractivity contribution >= 4 is 12.0 Å². The molecule has 21 heavy (non-hydrogen) atoms. The molecule has 2 rings (SSSR count). The van der Waals surface area contributed by atoms with Crippen molar-refractivity contribution in [2.24, 2.45) is 5.92 Å². The van der Waals surface area contributed by atoms with Crippen molar-refractivity contribution in [1.29, 1.82) is 0 Å². The van der Waals surface area contributed by atoms with E-state index >= 15 is 0 Å². The zero-order chi connectivity index (χ0) is 15.1. The van der Waals surface area contributed by atoms with Crippen molar-refractivity contribution in [3.63, 3.8) is 0 Å². The van der Waals surface area contributed by atoms with E-state index in [4.69, 9.17) is 4.74 Å². The molecule has 114 valence electrons. The lowest BCUT2D eigenvalue weighted by Gasteiger charge is -2.26. The summed E-state index contributed by atoms with van der Waals surface area (Å²) in [6, 6.07) is 7.71. The molecule has 0 spiro atoms. The SMILES string of the molecule is COc1cccc(/C=C/C(=O)N(C)CC2CCCCC2)c1. The minimum atomic E-state index is 0.0726. The molecule has 0 heterocycles. The molecule has 1 aliphatic rings. The number of methoxy groups -OCH3 is 1. The van der Waals surface area contributed by atoms with E-state index in [1.807, 2.05) is 42.3 Å². The first-order valence-corrected chi connectivity index (χ1v) is 7.76. The van der Waals surface area contributed by atoms with Crippen LogP contribution in [-0.2, 0) is 4.79 Å². The normalized spacial score (nSPS) is 16.1. The zero-order valence-corrected chi connectivity index (χ0v) is 13.0. The third-order valence-corrected chi connectivity index (χ3v) is 4.15. The topological polar surface area (TPSA) is 29.5 Å². The maximum atomic E-state index is 12.2. The predicted octanol–water partition coefficient (Wildman–Crippen LogP) is 3.75. The Bertz CT molecular complexity index is 490. The summed E-state index contributed by atoms with van der Waals surface area (Å²) in [7, 11) is 3.54. The second kappa shape index (κ2) is 7.87. The number of rotatable bonds is 5. The van der Waals surface area contributed by atoms with E-state index in [1.54, 1.807) is 13.2 Å². The fraction of sp³-hybridized carbons (Fsp3) is 0.500. The van der Waals surface area contributed by atoms with Gasteiger partial charge in [0.25, 0.3) is 0 Å². The molecule has 0 N–H and O–H groups in total. The van der Waals surface area contributed by atoms with Crippen LogP contribution in [0.1, 0.15) is 37.7 Å². The van der Waals surface area contributed by atoms with Crippen molar-refractivity contribution in [1.82, 2.24) is 4.90 Å². The Kier molecular flexibility index (Phi) is 5.85.